The van der Waals surface area contributed by atoms with Crippen LogP contribution in [0.25, 0.3) is 22.3 Å². The highest BCUT2D eigenvalue weighted by atomic mass is 32.1. The van der Waals surface area contributed by atoms with Crippen LogP contribution in [-0.4, -0.2) is 28.8 Å². The van der Waals surface area contributed by atoms with Crippen molar-refractivity contribution in [3.05, 3.63) is 79.3 Å². The number of benzene rings is 2. The van der Waals surface area contributed by atoms with Gasteiger partial charge in [-0.3, -0.25) is 9.59 Å². The average molecular weight is 393 g/mol. The molecule has 0 amide bonds. The Kier molecular flexibility index (Phi) is 4.62. The van der Waals surface area contributed by atoms with E-state index in [2.05, 4.69) is 10.1 Å². The van der Waals surface area contributed by atoms with Crippen LogP contribution < -0.4 is 25.1 Å². The second-order valence-corrected chi connectivity index (χ2v) is 6.87. The summed E-state index contributed by atoms with van der Waals surface area (Å²) in [6, 6.07) is 14.3. The minimum absolute atomic E-state index is 0.144. The molecule has 4 aromatic rings. The number of rotatable bonds is 4. The van der Waals surface area contributed by atoms with E-state index in [9.17, 15) is 9.59 Å². The van der Waals surface area contributed by atoms with Crippen LogP contribution in [0.3, 0.4) is 0 Å². The summed E-state index contributed by atoms with van der Waals surface area (Å²) in [5, 5.41) is 4.24. The molecular weight excluding hydrogens is 378 g/mol. The van der Waals surface area contributed by atoms with E-state index in [4.69, 9.17) is 9.47 Å². The molecule has 0 atom stereocenters. The van der Waals surface area contributed by atoms with Gasteiger partial charge in [0.1, 0.15) is 0 Å². The molecule has 8 heteroatoms. The molecule has 0 aliphatic carbocycles. The van der Waals surface area contributed by atoms with Gasteiger partial charge in [0, 0.05) is 5.56 Å². The highest BCUT2D eigenvalue weighted by molar-refractivity contribution is 7.15. The van der Waals surface area contributed by atoms with Crippen molar-refractivity contribution in [2.75, 3.05) is 14.2 Å². The van der Waals surface area contributed by atoms with Crippen molar-refractivity contribution in [3.8, 4) is 22.8 Å². The Morgan fingerprint density at radius 1 is 1.00 bits per heavy atom. The van der Waals surface area contributed by atoms with Gasteiger partial charge >= 0.3 is 5.56 Å². The summed E-state index contributed by atoms with van der Waals surface area (Å²) in [6.07, 6.45) is 1.71. The van der Waals surface area contributed by atoms with Gasteiger partial charge in [0.15, 0.2) is 17.2 Å². The summed E-state index contributed by atoms with van der Waals surface area (Å²) >= 11 is 1.11. The molecule has 0 saturated carbocycles. The smallest absolute Gasteiger partial charge is 0.300 e. The van der Waals surface area contributed by atoms with Crippen molar-refractivity contribution in [1.82, 2.24) is 14.6 Å². The SMILES string of the molecule is COc1ccc(C=c2sc3nc(=O)c(-c4ccccc4)nn3c2=O)cc1OC. The lowest BCUT2D eigenvalue weighted by Gasteiger charge is -2.07. The van der Waals surface area contributed by atoms with E-state index in [0.29, 0.717) is 21.6 Å². The average Bonchev–Trinajstić information content (AvgIpc) is 3.02. The Balaban J connectivity index is 1.88. The topological polar surface area (TPSA) is 82.8 Å². The van der Waals surface area contributed by atoms with Crippen LogP contribution >= 0.6 is 11.3 Å². The monoisotopic (exact) mass is 393 g/mol. The Morgan fingerprint density at radius 2 is 1.75 bits per heavy atom. The summed E-state index contributed by atoms with van der Waals surface area (Å²) in [5.74, 6) is 1.15. The van der Waals surface area contributed by atoms with Gasteiger partial charge in [-0.05, 0) is 23.8 Å². The zero-order valence-electron chi connectivity index (χ0n) is 15.1. The zero-order valence-corrected chi connectivity index (χ0v) is 15.9. The minimum atomic E-state index is -0.467. The first-order valence-corrected chi connectivity index (χ1v) is 9.15. The zero-order chi connectivity index (χ0) is 19.7. The molecule has 2 aromatic heterocycles. The molecular formula is C20H15N3O4S. The van der Waals surface area contributed by atoms with Crippen LogP contribution in [0.2, 0.25) is 0 Å². The fraction of sp³-hybridized carbons (Fsp3) is 0.100. The highest BCUT2D eigenvalue weighted by Crippen LogP contribution is 2.27. The van der Waals surface area contributed by atoms with Crippen LogP contribution in [0, 0.1) is 0 Å². The van der Waals surface area contributed by atoms with Crippen molar-refractivity contribution in [1.29, 1.82) is 0 Å². The van der Waals surface area contributed by atoms with Crippen molar-refractivity contribution < 1.29 is 9.47 Å². The van der Waals surface area contributed by atoms with E-state index in [1.165, 1.54) is 4.52 Å². The molecule has 0 spiro atoms. The fourth-order valence-corrected chi connectivity index (χ4v) is 3.68. The molecule has 0 aliphatic rings. The summed E-state index contributed by atoms with van der Waals surface area (Å²) < 4.78 is 12.1. The standard InChI is InChI=1S/C20H15N3O4S/c1-26-14-9-8-12(10-15(14)27-2)11-16-19(25)23-20(28-16)21-18(24)17(22-23)13-6-4-3-5-7-13/h3-11H,1-2H3. The summed E-state index contributed by atoms with van der Waals surface area (Å²) in [4.78, 5) is 29.4. The maximum Gasteiger partial charge on any atom is 0.300 e. The van der Waals surface area contributed by atoms with Crippen LogP contribution in [-0.2, 0) is 0 Å². The van der Waals surface area contributed by atoms with Gasteiger partial charge in [0.05, 0.1) is 18.8 Å². The molecule has 4 rings (SSSR count). The molecule has 0 aliphatic heterocycles. The molecule has 0 N–H and O–H groups in total. The van der Waals surface area contributed by atoms with Gasteiger partial charge in [-0.25, -0.2) is 0 Å². The Labute approximate surface area is 163 Å². The lowest BCUT2D eigenvalue weighted by Crippen LogP contribution is -2.26. The van der Waals surface area contributed by atoms with Crippen LogP contribution in [0.5, 0.6) is 11.5 Å². The predicted octanol–water partition coefficient (Wildman–Crippen LogP) is 1.74. The Morgan fingerprint density at radius 3 is 2.46 bits per heavy atom. The number of thiazole rings is 1. The first-order valence-electron chi connectivity index (χ1n) is 8.34. The van der Waals surface area contributed by atoms with Crippen LogP contribution in [0.15, 0.2) is 58.1 Å². The van der Waals surface area contributed by atoms with E-state index >= 15 is 0 Å². The van der Waals surface area contributed by atoms with Gasteiger partial charge in [-0.1, -0.05) is 47.7 Å². The molecule has 7 nitrogen and oxygen atoms in total. The normalized spacial score (nSPS) is 11.7. The molecule has 0 radical (unpaired) electrons. The summed E-state index contributed by atoms with van der Waals surface area (Å²) in [7, 11) is 3.10. The molecule has 0 saturated heterocycles. The lowest BCUT2D eigenvalue weighted by molar-refractivity contribution is 0.355. The van der Waals surface area contributed by atoms with Gasteiger partial charge in [0.2, 0.25) is 4.96 Å². The lowest BCUT2D eigenvalue weighted by atomic mass is 10.2. The maximum absolute atomic E-state index is 12.8. The third kappa shape index (κ3) is 3.14. The number of methoxy groups -OCH3 is 2. The summed E-state index contributed by atoms with van der Waals surface area (Å²) in [6.45, 7) is 0. The van der Waals surface area contributed by atoms with Crippen LogP contribution in [0.1, 0.15) is 5.56 Å². The van der Waals surface area contributed by atoms with Gasteiger partial charge in [0.25, 0.3) is 5.56 Å². The Hall–Kier alpha value is -3.52. The van der Waals surface area contributed by atoms with Crippen molar-refractivity contribution in [2.24, 2.45) is 0 Å². The molecule has 2 aromatic carbocycles. The van der Waals surface area contributed by atoms with E-state index in [0.717, 1.165) is 16.9 Å². The number of nitrogens with zero attached hydrogens (tertiary/aromatic N) is 3. The quantitative estimate of drug-likeness (QED) is 0.525. The van der Waals surface area contributed by atoms with Crippen molar-refractivity contribution in [3.63, 3.8) is 0 Å². The maximum atomic E-state index is 12.8. The number of hydrogen-bond acceptors (Lipinski definition) is 7. The second kappa shape index (κ2) is 7.24. The van der Waals surface area contributed by atoms with E-state index < -0.39 is 5.56 Å². The van der Waals surface area contributed by atoms with Crippen molar-refractivity contribution >= 4 is 22.4 Å². The van der Waals surface area contributed by atoms with Gasteiger partial charge < -0.3 is 9.47 Å². The van der Waals surface area contributed by atoms with E-state index in [1.807, 2.05) is 12.1 Å². The third-order valence-corrected chi connectivity index (χ3v) is 5.10. The number of aromatic nitrogens is 3. The minimum Gasteiger partial charge on any atom is -0.493 e. The van der Waals surface area contributed by atoms with Crippen molar-refractivity contribution in [2.45, 2.75) is 0 Å². The third-order valence-electron chi connectivity index (χ3n) is 4.14. The van der Waals surface area contributed by atoms with Crippen LogP contribution in [0.4, 0.5) is 0 Å². The fourth-order valence-electron chi connectivity index (χ4n) is 2.78. The number of ether oxygens (including phenoxy) is 2. The number of fused-ring (bicyclic) bond motifs is 1. The van der Waals surface area contributed by atoms with E-state index in [1.54, 1.807) is 56.7 Å². The number of hydrogen-bond donors (Lipinski definition) is 0. The predicted molar refractivity (Wildman–Crippen MR) is 107 cm³/mol. The molecule has 0 fully saturated rings. The largest absolute Gasteiger partial charge is 0.493 e. The van der Waals surface area contributed by atoms with Gasteiger partial charge in [-0.2, -0.15) is 14.6 Å². The summed E-state index contributed by atoms with van der Waals surface area (Å²) in [5.41, 5.74) is 0.716. The van der Waals surface area contributed by atoms with Gasteiger partial charge in [-0.15, -0.1) is 0 Å². The molecule has 0 unspecified atom stereocenters. The molecule has 2 heterocycles. The Bertz CT molecular complexity index is 1330. The molecule has 0 bridgehead atoms. The molecule has 140 valence electrons. The first-order chi connectivity index (χ1) is 13.6. The molecule has 28 heavy (non-hydrogen) atoms. The van der Waals surface area contributed by atoms with E-state index in [-0.39, 0.29) is 16.2 Å². The highest BCUT2D eigenvalue weighted by Gasteiger charge is 2.12. The first kappa shape index (κ1) is 17.9. The second-order valence-electron chi connectivity index (χ2n) is 5.86.